The molecule has 0 saturated heterocycles. The second-order valence-corrected chi connectivity index (χ2v) is 7.04. The first-order valence-corrected chi connectivity index (χ1v) is 9.88. The minimum Gasteiger partial charge on any atom is -0.456 e. The Morgan fingerprint density at radius 3 is 2.43 bits per heavy atom. The van der Waals surface area contributed by atoms with Gasteiger partial charge < -0.3 is 15.4 Å². The summed E-state index contributed by atoms with van der Waals surface area (Å²) in [7, 11) is 0. The number of benzene rings is 3. The minimum atomic E-state index is -0.496. The lowest BCUT2D eigenvalue weighted by atomic mass is 10.1. The average Bonchev–Trinajstić information content (AvgIpc) is 2.76. The van der Waals surface area contributed by atoms with Crippen molar-refractivity contribution in [3.05, 3.63) is 77.3 Å². The van der Waals surface area contributed by atoms with E-state index < -0.39 is 11.9 Å². The van der Waals surface area contributed by atoms with Gasteiger partial charge in [-0.1, -0.05) is 48.0 Å². The minimum absolute atomic E-state index is 0.0996. The first-order chi connectivity index (χ1) is 14.5. The number of ether oxygens (including phenoxy) is 1. The van der Waals surface area contributed by atoms with Crippen LogP contribution in [-0.4, -0.2) is 30.9 Å². The van der Waals surface area contributed by atoms with Crippen LogP contribution in [0.1, 0.15) is 23.2 Å². The number of esters is 1. The van der Waals surface area contributed by atoms with Gasteiger partial charge in [0.05, 0.1) is 0 Å². The van der Waals surface area contributed by atoms with Crippen LogP contribution >= 0.6 is 11.6 Å². The van der Waals surface area contributed by atoms with Crippen LogP contribution in [0.5, 0.6) is 0 Å². The molecule has 154 valence electrons. The quantitative estimate of drug-likeness (QED) is 0.419. The van der Waals surface area contributed by atoms with Crippen molar-refractivity contribution >= 4 is 45.8 Å². The molecule has 0 fully saturated rings. The monoisotopic (exact) mass is 424 g/mol. The fourth-order valence-corrected chi connectivity index (χ4v) is 3.00. The zero-order chi connectivity index (χ0) is 21.3. The Balaban J connectivity index is 1.36. The van der Waals surface area contributed by atoms with E-state index in [9.17, 15) is 14.4 Å². The number of rotatable bonds is 8. The lowest BCUT2D eigenvalue weighted by Crippen LogP contribution is -2.25. The number of amides is 2. The largest absolute Gasteiger partial charge is 0.456 e. The average molecular weight is 425 g/mol. The highest BCUT2D eigenvalue weighted by atomic mass is 35.5. The standard InChI is InChI=1S/C23H21ClN2O4/c24-18-12-10-17(11-13-18)23(29)25-14-4-9-22(28)30-15-21(27)26-20-8-3-6-16-5-1-2-7-19(16)20/h1-3,5-8,10-13H,4,9,14-15H2,(H,25,29)(H,26,27). The maximum atomic E-state index is 12.1. The summed E-state index contributed by atoms with van der Waals surface area (Å²) >= 11 is 5.79. The second-order valence-electron chi connectivity index (χ2n) is 6.60. The van der Waals surface area contributed by atoms with Crippen LogP contribution in [0.15, 0.2) is 66.7 Å². The zero-order valence-corrected chi connectivity index (χ0v) is 16.9. The summed E-state index contributed by atoms with van der Waals surface area (Å²) < 4.78 is 5.01. The predicted octanol–water partition coefficient (Wildman–Crippen LogP) is 4.19. The Morgan fingerprint density at radius 1 is 0.900 bits per heavy atom. The van der Waals surface area contributed by atoms with Crippen molar-refractivity contribution in [1.29, 1.82) is 0 Å². The van der Waals surface area contributed by atoms with Crippen molar-refractivity contribution < 1.29 is 19.1 Å². The summed E-state index contributed by atoms with van der Waals surface area (Å²) in [6.07, 6.45) is 0.506. The first kappa shape index (κ1) is 21.3. The molecule has 0 aliphatic heterocycles. The van der Waals surface area contributed by atoms with Crippen LogP contribution in [0.3, 0.4) is 0 Å². The summed E-state index contributed by atoms with van der Waals surface area (Å²) in [6.45, 7) is -0.0437. The van der Waals surface area contributed by atoms with Gasteiger partial charge in [-0.25, -0.2) is 0 Å². The van der Waals surface area contributed by atoms with Crippen molar-refractivity contribution in [1.82, 2.24) is 5.32 Å². The molecule has 0 aliphatic rings. The van der Waals surface area contributed by atoms with Crippen LogP contribution in [0, 0.1) is 0 Å². The van der Waals surface area contributed by atoms with Gasteiger partial charge in [-0.15, -0.1) is 0 Å². The molecule has 0 radical (unpaired) electrons. The highest BCUT2D eigenvalue weighted by Gasteiger charge is 2.10. The molecule has 0 spiro atoms. The van der Waals surface area contributed by atoms with Gasteiger partial charge in [0, 0.05) is 34.6 Å². The summed E-state index contributed by atoms with van der Waals surface area (Å²) in [5.41, 5.74) is 1.16. The fraction of sp³-hybridized carbons (Fsp3) is 0.174. The van der Waals surface area contributed by atoms with Crippen molar-refractivity contribution in [3.8, 4) is 0 Å². The number of halogens is 1. The molecule has 7 heteroatoms. The maximum Gasteiger partial charge on any atom is 0.306 e. The van der Waals surface area contributed by atoms with E-state index in [1.165, 1.54) is 0 Å². The third-order valence-electron chi connectivity index (χ3n) is 4.38. The van der Waals surface area contributed by atoms with Gasteiger partial charge in [0.1, 0.15) is 0 Å². The van der Waals surface area contributed by atoms with Crippen LogP contribution in [-0.2, 0) is 14.3 Å². The van der Waals surface area contributed by atoms with E-state index in [0.717, 1.165) is 10.8 Å². The van der Waals surface area contributed by atoms with Gasteiger partial charge in [0.15, 0.2) is 6.61 Å². The molecular formula is C23H21ClN2O4. The molecule has 3 aromatic carbocycles. The van der Waals surface area contributed by atoms with E-state index in [2.05, 4.69) is 10.6 Å². The number of nitrogens with one attached hydrogen (secondary N) is 2. The molecule has 30 heavy (non-hydrogen) atoms. The highest BCUT2D eigenvalue weighted by molar-refractivity contribution is 6.30. The number of anilines is 1. The molecule has 2 amide bonds. The van der Waals surface area contributed by atoms with Crippen molar-refractivity contribution in [2.24, 2.45) is 0 Å². The lowest BCUT2D eigenvalue weighted by Gasteiger charge is -2.09. The molecular weight excluding hydrogens is 404 g/mol. The van der Waals surface area contributed by atoms with E-state index >= 15 is 0 Å². The van der Waals surface area contributed by atoms with E-state index in [1.54, 1.807) is 30.3 Å². The molecule has 3 rings (SSSR count). The topological polar surface area (TPSA) is 84.5 Å². The molecule has 0 heterocycles. The van der Waals surface area contributed by atoms with Gasteiger partial charge in [-0.3, -0.25) is 14.4 Å². The molecule has 0 saturated carbocycles. The van der Waals surface area contributed by atoms with E-state index in [-0.39, 0.29) is 18.9 Å². The van der Waals surface area contributed by atoms with E-state index in [1.807, 2.05) is 36.4 Å². The van der Waals surface area contributed by atoms with Crippen LogP contribution in [0.4, 0.5) is 5.69 Å². The fourth-order valence-electron chi connectivity index (χ4n) is 2.88. The maximum absolute atomic E-state index is 12.1. The molecule has 2 N–H and O–H groups in total. The van der Waals surface area contributed by atoms with Gasteiger partial charge in [-0.05, 0) is 42.1 Å². The zero-order valence-electron chi connectivity index (χ0n) is 16.2. The van der Waals surface area contributed by atoms with Crippen LogP contribution < -0.4 is 10.6 Å². The Labute approximate surface area is 179 Å². The highest BCUT2D eigenvalue weighted by Crippen LogP contribution is 2.22. The van der Waals surface area contributed by atoms with Crippen LogP contribution in [0.25, 0.3) is 10.8 Å². The smallest absolute Gasteiger partial charge is 0.306 e. The Morgan fingerprint density at radius 2 is 1.63 bits per heavy atom. The number of carbonyl (C=O) groups is 3. The number of fused-ring (bicyclic) bond motifs is 1. The third-order valence-corrected chi connectivity index (χ3v) is 4.63. The van der Waals surface area contributed by atoms with Crippen molar-refractivity contribution in [2.45, 2.75) is 12.8 Å². The van der Waals surface area contributed by atoms with Crippen molar-refractivity contribution in [2.75, 3.05) is 18.5 Å². The molecule has 0 atom stereocenters. The summed E-state index contributed by atoms with van der Waals surface area (Å²) in [4.78, 5) is 35.9. The van der Waals surface area contributed by atoms with E-state index in [4.69, 9.17) is 16.3 Å². The van der Waals surface area contributed by atoms with E-state index in [0.29, 0.717) is 29.2 Å². The number of carbonyl (C=O) groups excluding carboxylic acids is 3. The Bertz CT molecular complexity index is 1050. The van der Waals surface area contributed by atoms with Gasteiger partial charge in [0.25, 0.3) is 11.8 Å². The molecule has 0 bridgehead atoms. The predicted molar refractivity (Wildman–Crippen MR) is 117 cm³/mol. The van der Waals surface area contributed by atoms with Crippen LogP contribution in [0.2, 0.25) is 5.02 Å². The number of hydrogen-bond acceptors (Lipinski definition) is 4. The normalized spacial score (nSPS) is 10.4. The Kier molecular flexibility index (Phi) is 7.40. The first-order valence-electron chi connectivity index (χ1n) is 9.50. The van der Waals surface area contributed by atoms with Gasteiger partial charge >= 0.3 is 5.97 Å². The molecule has 3 aromatic rings. The summed E-state index contributed by atoms with van der Waals surface area (Å²) in [5, 5.41) is 7.96. The Hall–Kier alpha value is -3.38. The SMILES string of the molecule is O=C(COC(=O)CCCNC(=O)c1ccc(Cl)cc1)Nc1cccc2ccccc12. The third kappa shape index (κ3) is 6.06. The molecule has 6 nitrogen and oxygen atoms in total. The van der Waals surface area contributed by atoms with Crippen molar-refractivity contribution in [3.63, 3.8) is 0 Å². The molecule has 0 unspecified atom stereocenters. The van der Waals surface area contributed by atoms with Gasteiger partial charge in [0.2, 0.25) is 0 Å². The summed E-state index contributed by atoms with van der Waals surface area (Å²) in [5.74, 6) is -1.14. The second kappa shape index (κ2) is 10.4. The molecule has 0 aliphatic carbocycles. The molecule has 0 aromatic heterocycles. The lowest BCUT2D eigenvalue weighted by molar-refractivity contribution is -0.147. The number of hydrogen-bond donors (Lipinski definition) is 2. The van der Waals surface area contributed by atoms with Gasteiger partial charge in [-0.2, -0.15) is 0 Å². The summed E-state index contributed by atoms with van der Waals surface area (Å²) in [6, 6.07) is 19.8.